The van der Waals surface area contributed by atoms with Gasteiger partial charge >= 0.3 is 0 Å². The van der Waals surface area contributed by atoms with E-state index in [1.165, 1.54) is 12.7 Å². The molecule has 0 amide bonds. The van der Waals surface area contributed by atoms with Gasteiger partial charge in [0.25, 0.3) is 0 Å². The van der Waals surface area contributed by atoms with Gasteiger partial charge < -0.3 is 10.2 Å². The fourth-order valence-electron chi connectivity index (χ4n) is 2.68. The second kappa shape index (κ2) is 6.97. The molecule has 0 aliphatic carbocycles. The Morgan fingerprint density at radius 1 is 1.40 bits per heavy atom. The van der Waals surface area contributed by atoms with Crippen molar-refractivity contribution in [2.45, 2.75) is 46.1 Å². The van der Waals surface area contributed by atoms with E-state index < -0.39 is 0 Å². The maximum atomic E-state index is 14.2. The smallest absolute Gasteiger partial charge is 0.186 e. The number of aromatic nitrogens is 2. The number of anilines is 1. The monoisotopic (exact) mass is 280 g/mol. The lowest BCUT2D eigenvalue weighted by Gasteiger charge is -2.37. The van der Waals surface area contributed by atoms with Gasteiger partial charge in [-0.1, -0.05) is 13.8 Å². The van der Waals surface area contributed by atoms with Gasteiger partial charge in [-0.25, -0.2) is 14.4 Å². The predicted octanol–water partition coefficient (Wildman–Crippen LogP) is 2.53. The second-order valence-electron chi connectivity index (χ2n) is 5.99. The summed E-state index contributed by atoms with van der Waals surface area (Å²) in [6, 6.07) is 0.325. The molecule has 0 aromatic carbocycles. The summed E-state index contributed by atoms with van der Waals surface area (Å²) in [5, 5.41) is 3.48. The Morgan fingerprint density at radius 3 is 2.95 bits per heavy atom. The van der Waals surface area contributed by atoms with E-state index >= 15 is 0 Å². The van der Waals surface area contributed by atoms with E-state index in [0.717, 1.165) is 32.5 Å². The van der Waals surface area contributed by atoms with E-state index in [1.807, 2.05) is 0 Å². The summed E-state index contributed by atoms with van der Waals surface area (Å²) >= 11 is 0. The number of hydrogen-bond donors (Lipinski definition) is 1. The van der Waals surface area contributed by atoms with Crippen LogP contribution in [0.25, 0.3) is 0 Å². The maximum Gasteiger partial charge on any atom is 0.186 e. The number of halogens is 1. The first kappa shape index (κ1) is 15.2. The molecule has 1 unspecified atom stereocenters. The third kappa shape index (κ3) is 3.66. The van der Waals surface area contributed by atoms with Crippen molar-refractivity contribution in [3.8, 4) is 0 Å². The molecule has 112 valence electrons. The minimum Gasteiger partial charge on any atom is -0.350 e. The SMILES string of the molecule is Cc1ncnc(N2CCCCC2CNCC(C)C)c1F. The van der Waals surface area contributed by atoms with Crippen LogP contribution in [0.1, 0.15) is 38.8 Å². The first-order valence-corrected chi connectivity index (χ1v) is 7.54. The van der Waals surface area contributed by atoms with Crippen LogP contribution in [0.2, 0.25) is 0 Å². The van der Waals surface area contributed by atoms with Crippen LogP contribution < -0.4 is 10.2 Å². The van der Waals surface area contributed by atoms with Gasteiger partial charge in [0.15, 0.2) is 11.6 Å². The van der Waals surface area contributed by atoms with Gasteiger partial charge in [-0.15, -0.1) is 0 Å². The van der Waals surface area contributed by atoms with Crippen LogP contribution >= 0.6 is 0 Å². The topological polar surface area (TPSA) is 41.1 Å². The molecule has 0 saturated carbocycles. The Balaban J connectivity index is 2.08. The zero-order chi connectivity index (χ0) is 14.5. The maximum absolute atomic E-state index is 14.2. The van der Waals surface area contributed by atoms with Gasteiger partial charge in [0.2, 0.25) is 0 Å². The molecule has 2 heterocycles. The Hall–Kier alpha value is -1.23. The van der Waals surface area contributed by atoms with Crippen molar-refractivity contribution in [3.05, 3.63) is 17.8 Å². The summed E-state index contributed by atoms with van der Waals surface area (Å²) in [7, 11) is 0. The Bertz CT molecular complexity index is 436. The summed E-state index contributed by atoms with van der Waals surface area (Å²) in [6.45, 7) is 8.84. The van der Waals surface area contributed by atoms with E-state index in [2.05, 4.69) is 34.0 Å². The molecule has 0 spiro atoms. The van der Waals surface area contributed by atoms with Crippen LogP contribution in [0.15, 0.2) is 6.33 Å². The average Bonchev–Trinajstić information content (AvgIpc) is 2.42. The van der Waals surface area contributed by atoms with Crippen molar-refractivity contribution in [2.24, 2.45) is 5.92 Å². The van der Waals surface area contributed by atoms with Gasteiger partial charge in [0.1, 0.15) is 6.33 Å². The molecule has 0 radical (unpaired) electrons. The molecule has 1 aliphatic rings. The summed E-state index contributed by atoms with van der Waals surface area (Å²) in [5.41, 5.74) is 0.425. The molecule has 1 saturated heterocycles. The van der Waals surface area contributed by atoms with Crippen molar-refractivity contribution in [1.82, 2.24) is 15.3 Å². The van der Waals surface area contributed by atoms with Gasteiger partial charge in [0.05, 0.1) is 5.69 Å². The minimum absolute atomic E-state index is 0.275. The minimum atomic E-state index is -0.275. The molecular weight excluding hydrogens is 255 g/mol. The number of nitrogens with one attached hydrogen (secondary N) is 1. The number of aryl methyl sites for hydroxylation is 1. The molecule has 1 aliphatic heterocycles. The zero-order valence-corrected chi connectivity index (χ0v) is 12.7. The van der Waals surface area contributed by atoms with Gasteiger partial charge in [-0.3, -0.25) is 0 Å². The summed E-state index contributed by atoms with van der Waals surface area (Å²) in [6.07, 6.45) is 4.86. The van der Waals surface area contributed by atoms with Crippen LogP contribution in [-0.2, 0) is 0 Å². The molecule has 1 N–H and O–H groups in total. The van der Waals surface area contributed by atoms with Crippen LogP contribution in [-0.4, -0.2) is 35.6 Å². The first-order chi connectivity index (χ1) is 9.59. The lowest BCUT2D eigenvalue weighted by atomic mass is 10.0. The molecule has 1 aromatic heterocycles. The van der Waals surface area contributed by atoms with Gasteiger partial charge in [-0.05, 0) is 38.6 Å². The van der Waals surface area contributed by atoms with Crippen molar-refractivity contribution in [2.75, 3.05) is 24.5 Å². The van der Waals surface area contributed by atoms with E-state index in [0.29, 0.717) is 23.5 Å². The van der Waals surface area contributed by atoms with Gasteiger partial charge in [0, 0.05) is 19.1 Å². The molecule has 20 heavy (non-hydrogen) atoms. The first-order valence-electron chi connectivity index (χ1n) is 7.54. The Morgan fingerprint density at radius 2 is 2.20 bits per heavy atom. The van der Waals surface area contributed by atoms with Crippen molar-refractivity contribution in [1.29, 1.82) is 0 Å². The van der Waals surface area contributed by atoms with E-state index in [-0.39, 0.29) is 5.82 Å². The third-order valence-corrected chi connectivity index (χ3v) is 3.78. The lowest BCUT2D eigenvalue weighted by molar-refractivity contribution is 0.414. The molecule has 2 rings (SSSR count). The zero-order valence-electron chi connectivity index (χ0n) is 12.7. The third-order valence-electron chi connectivity index (χ3n) is 3.78. The van der Waals surface area contributed by atoms with Crippen molar-refractivity contribution in [3.63, 3.8) is 0 Å². The van der Waals surface area contributed by atoms with Crippen LogP contribution in [0.3, 0.4) is 0 Å². The molecule has 1 fully saturated rings. The highest BCUT2D eigenvalue weighted by Crippen LogP contribution is 2.25. The van der Waals surface area contributed by atoms with E-state index in [1.54, 1.807) is 6.92 Å². The highest BCUT2D eigenvalue weighted by molar-refractivity contribution is 5.42. The van der Waals surface area contributed by atoms with Crippen LogP contribution in [0, 0.1) is 18.7 Å². The number of piperidine rings is 1. The summed E-state index contributed by atoms with van der Waals surface area (Å²) in [5.74, 6) is 0.821. The van der Waals surface area contributed by atoms with Gasteiger partial charge in [-0.2, -0.15) is 0 Å². The highest BCUT2D eigenvalue weighted by Gasteiger charge is 2.26. The van der Waals surface area contributed by atoms with E-state index in [9.17, 15) is 4.39 Å². The normalized spacial score (nSPS) is 19.6. The van der Waals surface area contributed by atoms with Crippen LogP contribution in [0.4, 0.5) is 10.2 Å². The lowest BCUT2D eigenvalue weighted by Crippen LogP contribution is -2.47. The van der Waals surface area contributed by atoms with Crippen molar-refractivity contribution < 1.29 is 4.39 Å². The fraction of sp³-hybridized carbons (Fsp3) is 0.733. The Labute approximate surface area is 120 Å². The molecular formula is C15H25FN4. The Kier molecular flexibility index (Phi) is 5.29. The van der Waals surface area contributed by atoms with E-state index in [4.69, 9.17) is 0 Å². The largest absolute Gasteiger partial charge is 0.350 e. The number of rotatable bonds is 5. The molecule has 0 bridgehead atoms. The second-order valence-corrected chi connectivity index (χ2v) is 5.99. The molecule has 4 nitrogen and oxygen atoms in total. The van der Waals surface area contributed by atoms with Crippen LogP contribution in [0.5, 0.6) is 0 Å². The predicted molar refractivity (Wildman–Crippen MR) is 79.4 cm³/mol. The summed E-state index contributed by atoms with van der Waals surface area (Å²) < 4.78 is 14.2. The summed E-state index contributed by atoms with van der Waals surface area (Å²) in [4.78, 5) is 10.2. The molecule has 1 atom stereocenters. The van der Waals surface area contributed by atoms with Crippen molar-refractivity contribution >= 4 is 5.82 Å². The number of nitrogens with zero attached hydrogens (tertiary/aromatic N) is 3. The highest BCUT2D eigenvalue weighted by atomic mass is 19.1. The fourth-order valence-corrected chi connectivity index (χ4v) is 2.68. The number of hydrogen-bond acceptors (Lipinski definition) is 4. The standard InChI is InChI=1S/C15H25FN4/c1-11(2)8-17-9-13-6-4-5-7-20(13)15-14(16)12(3)18-10-19-15/h10-11,13,17H,4-9H2,1-3H3. The molecule has 1 aromatic rings. The quantitative estimate of drug-likeness (QED) is 0.900. The molecule has 5 heteroatoms. The average molecular weight is 280 g/mol.